The maximum atomic E-state index is 12.0. The number of nitrogens with one attached hydrogen (secondary N) is 2. The lowest BCUT2D eigenvalue weighted by Gasteiger charge is -2.11. The largest absolute Gasteiger partial charge is 0.295 e. The van der Waals surface area contributed by atoms with Gasteiger partial charge in [-0.05, 0) is 43.2 Å². The first-order valence-corrected chi connectivity index (χ1v) is 9.26. The predicted octanol–water partition coefficient (Wildman–Crippen LogP) is 2.44. The van der Waals surface area contributed by atoms with Crippen LogP contribution in [-0.4, -0.2) is 32.1 Å². The number of pyridine rings is 1. The average molecular weight is 381 g/mol. The van der Waals surface area contributed by atoms with Crippen molar-refractivity contribution in [1.29, 1.82) is 0 Å². The number of aromatic nitrogens is 3. The van der Waals surface area contributed by atoms with E-state index in [4.69, 9.17) is 0 Å². The Hall–Kier alpha value is -3.13. The van der Waals surface area contributed by atoms with Crippen LogP contribution in [0.2, 0.25) is 0 Å². The fourth-order valence-corrected chi connectivity index (χ4v) is 3.19. The Morgan fingerprint density at radius 3 is 2.78 bits per heavy atom. The van der Waals surface area contributed by atoms with E-state index < -0.39 is 5.91 Å². The van der Waals surface area contributed by atoms with Gasteiger partial charge in [0.25, 0.3) is 5.91 Å². The normalized spacial score (nSPS) is 10.4. The average Bonchev–Trinajstić information content (AvgIpc) is 3.15. The standard InChI is InChI=1S/C19H19N5O2S/c1-13-5-6-14(2)16(10-13)24-9-8-21-19(24)27-12-17(25)22-23-18(26)15-4-3-7-20-11-15/h3-11H,12H2,1-2H3,(H,22,25)(H,23,26). The summed E-state index contributed by atoms with van der Waals surface area (Å²) in [4.78, 5) is 32.1. The van der Waals surface area contributed by atoms with Crippen LogP contribution in [-0.2, 0) is 4.79 Å². The number of imidazole rings is 1. The number of nitrogens with zero attached hydrogens (tertiary/aromatic N) is 3. The molecular weight excluding hydrogens is 362 g/mol. The van der Waals surface area contributed by atoms with Crippen molar-refractivity contribution >= 4 is 23.6 Å². The molecule has 7 nitrogen and oxygen atoms in total. The van der Waals surface area contributed by atoms with Crippen molar-refractivity contribution < 1.29 is 9.59 Å². The molecule has 0 radical (unpaired) electrons. The highest BCUT2D eigenvalue weighted by Gasteiger charge is 2.12. The van der Waals surface area contributed by atoms with Crippen LogP contribution in [0.3, 0.4) is 0 Å². The van der Waals surface area contributed by atoms with Gasteiger partial charge in [0, 0.05) is 24.8 Å². The second-order valence-electron chi connectivity index (χ2n) is 5.90. The lowest BCUT2D eigenvalue weighted by Crippen LogP contribution is -2.42. The van der Waals surface area contributed by atoms with Crippen LogP contribution in [0.15, 0.2) is 60.3 Å². The van der Waals surface area contributed by atoms with Gasteiger partial charge in [-0.3, -0.25) is 30.0 Å². The molecule has 0 saturated heterocycles. The van der Waals surface area contributed by atoms with E-state index >= 15 is 0 Å². The monoisotopic (exact) mass is 381 g/mol. The molecule has 2 aromatic heterocycles. The molecule has 0 aliphatic heterocycles. The molecule has 0 aliphatic rings. The Morgan fingerprint density at radius 1 is 1.15 bits per heavy atom. The van der Waals surface area contributed by atoms with Gasteiger partial charge in [0.05, 0.1) is 17.0 Å². The first kappa shape index (κ1) is 18.7. The van der Waals surface area contributed by atoms with Crippen LogP contribution in [0.25, 0.3) is 5.69 Å². The molecule has 3 rings (SSSR count). The van der Waals surface area contributed by atoms with Gasteiger partial charge >= 0.3 is 0 Å². The van der Waals surface area contributed by atoms with Gasteiger partial charge in [0.1, 0.15) is 0 Å². The summed E-state index contributed by atoms with van der Waals surface area (Å²) in [5.41, 5.74) is 8.44. The third-order valence-corrected chi connectivity index (χ3v) is 4.77. The summed E-state index contributed by atoms with van der Waals surface area (Å²) in [5.74, 6) is -0.624. The first-order chi connectivity index (χ1) is 13.0. The predicted molar refractivity (Wildman–Crippen MR) is 104 cm³/mol. The molecule has 27 heavy (non-hydrogen) atoms. The SMILES string of the molecule is Cc1ccc(C)c(-n2ccnc2SCC(=O)NNC(=O)c2cccnc2)c1. The van der Waals surface area contributed by atoms with E-state index in [1.165, 1.54) is 18.0 Å². The quantitative estimate of drug-likeness (QED) is 0.523. The van der Waals surface area contributed by atoms with Gasteiger partial charge in [0.2, 0.25) is 5.91 Å². The minimum Gasteiger partial charge on any atom is -0.295 e. The van der Waals surface area contributed by atoms with Crippen LogP contribution in [0.1, 0.15) is 21.5 Å². The third-order valence-electron chi connectivity index (χ3n) is 3.80. The molecule has 1 aromatic carbocycles. The van der Waals surface area contributed by atoms with Crippen molar-refractivity contribution in [2.45, 2.75) is 19.0 Å². The van der Waals surface area contributed by atoms with Crippen molar-refractivity contribution in [3.63, 3.8) is 0 Å². The van der Waals surface area contributed by atoms with Crippen molar-refractivity contribution in [3.8, 4) is 5.69 Å². The fraction of sp³-hybridized carbons (Fsp3) is 0.158. The molecule has 0 atom stereocenters. The number of hydrazine groups is 1. The number of carbonyl (C=O) groups is 2. The van der Waals surface area contributed by atoms with Gasteiger partial charge in [-0.1, -0.05) is 23.9 Å². The number of benzene rings is 1. The first-order valence-electron chi connectivity index (χ1n) is 8.27. The van der Waals surface area contributed by atoms with Crippen molar-refractivity contribution in [1.82, 2.24) is 25.4 Å². The number of aryl methyl sites for hydroxylation is 2. The molecule has 0 saturated carbocycles. The van der Waals surface area contributed by atoms with Gasteiger partial charge in [-0.15, -0.1) is 0 Å². The lowest BCUT2D eigenvalue weighted by atomic mass is 10.1. The van der Waals surface area contributed by atoms with E-state index in [9.17, 15) is 9.59 Å². The third kappa shape index (κ3) is 4.73. The van der Waals surface area contributed by atoms with E-state index in [0.29, 0.717) is 10.7 Å². The molecule has 0 bridgehead atoms. The topological polar surface area (TPSA) is 88.9 Å². The van der Waals surface area contributed by atoms with Crippen LogP contribution in [0.4, 0.5) is 0 Å². The minimum absolute atomic E-state index is 0.120. The van der Waals surface area contributed by atoms with Crippen LogP contribution >= 0.6 is 11.8 Å². The number of rotatable bonds is 5. The highest BCUT2D eigenvalue weighted by molar-refractivity contribution is 7.99. The summed E-state index contributed by atoms with van der Waals surface area (Å²) >= 11 is 1.29. The fourth-order valence-electron chi connectivity index (χ4n) is 2.42. The number of carbonyl (C=O) groups excluding carboxylic acids is 2. The van der Waals surface area contributed by atoms with E-state index in [-0.39, 0.29) is 11.7 Å². The minimum atomic E-state index is -0.418. The summed E-state index contributed by atoms with van der Waals surface area (Å²) < 4.78 is 1.95. The lowest BCUT2D eigenvalue weighted by molar-refractivity contribution is -0.119. The molecule has 0 aliphatic carbocycles. The molecule has 8 heteroatoms. The molecule has 2 heterocycles. The molecule has 0 fully saturated rings. The molecule has 3 aromatic rings. The molecule has 2 amide bonds. The molecule has 0 spiro atoms. The Bertz CT molecular complexity index is 956. The van der Waals surface area contributed by atoms with Crippen LogP contribution < -0.4 is 10.9 Å². The number of hydrogen-bond acceptors (Lipinski definition) is 5. The van der Waals surface area contributed by atoms with Gasteiger partial charge in [0.15, 0.2) is 5.16 Å². The molecular formula is C19H19N5O2S. The summed E-state index contributed by atoms with van der Waals surface area (Å²) in [6, 6.07) is 9.46. The smallest absolute Gasteiger partial charge is 0.271 e. The van der Waals surface area contributed by atoms with Gasteiger partial charge in [-0.25, -0.2) is 4.98 Å². The van der Waals surface area contributed by atoms with E-state index in [0.717, 1.165) is 16.8 Å². The number of thioether (sulfide) groups is 1. The summed E-state index contributed by atoms with van der Waals surface area (Å²) in [5, 5.41) is 0.706. The molecule has 138 valence electrons. The van der Waals surface area contributed by atoms with E-state index in [2.05, 4.69) is 39.0 Å². The zero-order valence-corrected chi connectivity index (χ0v) is 15.8. The maximum Gasteiger partial charge on any atom is 0.271 e. The zero-order valence-electron chi connectivity index (χ0n) is 15.0. The van der Waals surface area contributed by atoms with Crippen molar-refractivity contribution in [2.75, 3.05) is 5.75 Å². The summed E-state index contributed by atoms with van der Waals surface area (Å²) in [7, 11) is 0. The molecule has 2 N–H and O–H groups in total. The van der Waals surface area contributed by atoms with Gasteiger partial charge in [-0.2, -0.15) is 0 Å². The number of amides is 2. The van der Waals surface area contributed by atoms with Crippen molar-refractivity contribution in [2.24, 2.45) is 0 Å². The highest BCUT2D eigenvalue weighted by atomic mass is 32.2. The van der Waals surface area contributed by atoms with E-state index in [1.54, 1.807) is 24.5 Å². The van der Waals surface area contributed by atoms with Gasteiger partial charge < -0.3 is 0 Å². The molecule has 0 unspecified atom stereocenters. The Labute approximate surface area is 161 Å². The van der Waals surface area contributed by atoms with Crippen LogP contribution in [0.5, 0.6) is 0 Å². The summed E-state index contributed by atoms with van der Waals surface area (Å²) in [6.45, 7) is 4.06. The van der Waals surface area contributed by atoms with Crippen molar-refractivity contribution in [3.05, 3.63) is 71.8 Å². The Morgan fingerprint density at radius 2 is 2.00 bits per heavy atom. The maximum absolute atomic E-state index is 12.0. The number of hydrogen-bond donors (Lipinski definition) is 2. The highest BCUT2D eigenvalue weighted by Crippen LogP contribution is 2.23. The second-order valence-corrected chi connectivity index (χ2v) is 6.84. The van der Waals surface area contributed by atoms with E-state index in [1.807, 2.05) is 24.6 Å². The Balaban J connectivity index is 1.58. The van der Waals surface area contributed by atoms with Crippen LogP contribution in [0, 0.1) is 13.8 Å². The second kappa shape index (κ2) is 8.50. The summed E-state index contributed by atoms with van der Waals surface area (Å²) in [6.07, 6.45) is 6.57. The zero-order chi connectivity index (χ0) is 19.2. The Kier molecular flexibility index (Phi) is 5.87.